The highest BCUT2D eigenvalue weighted by molar-refractivity contribution is 5.70. The lowest BCUT2D eigenvalue weighted by atomic mass is 10.1. The van der Waals surface area contributed by atoms with Gasteiger partial charge in [0, 0.05) is 20.2 Å². The first-order valence-electron chi connectivity index (χ1n) is 7.06. The van der Waals surface area contributed by atoms with Gasteiger partial charge in [-0.1, -0.05) is 12.1 Å². The van der Waals surface area contributed by atoms with Crippen LogP contribution in [0.5, 0.6) is 5.75 Å². The summed E-state index contributed by atoms with van der Waals surface area (Å²) in [6, 6.07) is 7.45. The third kappa shape index (κ3) is 3.03. The fourth-order valence-electron chi connectivity index (χ4n) is 2.26. The van der Waals surface area contributed by atoms with Crippen LogP contribution < -0.4 is 15.2 Å². The average molecular weight is 300 g/mol. The van der Waals surface area contributed by atoms with Crippen molar-refractivity contribution >= 4 is 17.8 Å². The molecule has 2 rings (SSSR count). The first kappa shape index (κ1) is 15.8. The Hall–Kier alpha value is -2.56. The summed E-state index contributed by atoms with van der Waals surface area (Å²) in [7, 11) is 7.26. The number of aryl methyl sites for hydroxylation is 1. The fraction of sp³-hybridized carbons (Fsp3) is 0.294. The summed E-state index contributed by atoms with van der Waals surface area (Å²) in [6.45, 7) is 1.90. The molecular weight excluding hydrogens is 278 g/mol. The van der Waals surface area contributed by atoms with Crippen molar-refractivity contribution in [3.63, 3.8) is 0 Å². The van der Waals surface area contributed by atoms with Gasteiger partial charge in [-0.3, -0.25) is 0 Å². The van der Waals surface area contributed by atoms with Crippen LogP contribution in [0.3, 0.4) is 0 Å². The number of hydrogen-bond acceptors (Lipinski definition) is 3. The summed E-state index contributed by atoms with van der Waals surface area (Å²) >= 11 is 0. The molecule has 0 fully saturated rings. The normalized spacial score (nSPS) is 11.1. The van der Waals surface area contributed by atoms with Crippen molar-refractivity contribution in [2.45, 2.75) is 6.92 Å². The second-order valence-electron chi connectivity index (χ2n) is 5.59. The molecule has 0 unspecified atom stereocenters. The molecule has 1 N–H and O–H groups in total. The fourth-order valence-corrected chi connectivity index (χ4v) is 2.26. The maximum Gasteiger partial charge on any atom is 0.498 e. The number of rotatable bonds is 3. The first-order chi connectivity index (χ1) is 10.3. The molecule has 0 saturated heterocycles. The van der Waals surface area contributed by atoms with Gasteiger partial charge in [0.05, 0.1) is 19.8 Å². The molecule has 0 aliphatic heterocycles. The molecule has 116 valence electrons. The third-order valence-electron chi connectivity index (χ3n) is 3.77. The molecule has 0 amide bonds. The van der Waals surface area contributed by atoms with Gasteiger partial charge in [-0.25, -0.2) is 0 Å². The van der Waals surface area contributed by atoms with Crippen molar-refractivity contribution in [3.8, 4) is 5.75 Å². The molecule has 0 radical (unpaired) electrons. The number of aromatic hydroxyl groups is 1. The van der Waals surface area contributed by atoms with E-state index >= 15 is 0 Å². The molecule has 5 heteroatoms. The van der Waals surface area contributed by atoms with Gasteiger partial charge < -0.3 is 10.0 Å². The monoisotopic (exact) mass is 300 g/mol. The minimum atomic E-state index is -0.0644. The largest absolute Gasteiger partial charge is 0.506 e. The summed E-state index contributed by atoms with van der Waals surface area (Å²) in [5.41, 5.74) is 3.30. The second kappa shape index (κ2) is 6.05. The Morgan fingerprint density at radius 3 is 2.50 bits per heavy atom. The molecule has 0 spiro atoms. The number of phenols is 1. The zero-order chi connectivity index (χ0) is 16.4. The minimum Gasteiger partial charge on any atom is -0.506 e. The van der Waals surface area contributed by atoms with Crippen molar-refractivity contribution in [3.05, 3.63) is 51.7 Å². The number of hydrogen-bond donors (Lipinski definition) is 1. The third-order valence-corrected chi connectivity index (χ3v) is 3.77. The molecule has 2 aromatic rings. The van der Waals surface area contributed by atoms with Gasteiger partial charge in [0.2, 0.25) is 0 Å². The van der Waals surface area contributed by atoms with E-state index < -0.39 is 0 Å². The van der Waals surface area contributed by atoms with Gasteiger partial charge >= 0.3 is 5.69 Å². The summed E-state index contributed by atoms with van der Waals surface area (Å²) in [4.78, 5) is 13.9. The van der Waals surface area contributed by atoms with Crippen LogP contribution in [-0.2, 0) is 14.1 Å². The van der Waals surface area contributed by atoms with E-state index in [2.05, 4.69) is 0 Å². The summed E-state index contributed by atoms with van der Waals surface area (Å²) in [5.74, 6) is 0.233. The second-order valence-corrected chi connectivity index (χ2v) is 5.59. The molecule has 5 nitrogen and oxygen atoms in total. The van der Waals surface area contributed by atoms with E-state index in [1.807, 2.05) is 56.3 Å². The minimum absolute atomic E-state index is 0.0644. The molecule has 1 aromatic carbocycles. The van der Waals surface area contributed by atoms with E-state index in [1.165, 1.54) is 0 Å². The van der Waals surface area contributed by atoms with Crippen LogP contribution in [0.25, 0.3) is 12.2 Å². The van der Waals surface area contributed by atoms with E-state index in [0.717, 1.165) is 22.6 Å². The van der Waals surface area contributed by atoms with E-state index in [0.29, 0.717) is 0 Å². The summed E-state index contributed by atoms with van der Waals surface area (Å²) < 4.78 is 3.20. The van der Waals surface area contributed by atoms with Crippen molar-refractivity contribution in [2.24, 2.45) is 14.1 Å². The van der Waals surface area contributed by atoms with Gasteiger partial charge in [0.15, 0.2) is 0 Å². The Kier molecular flexibility index (Phi) is 4.35. The lowest BCUT2D eigenvalue weighted by Crippen LogP contribution is -2.53. The molecule has 0 saturated carbocycles. The van der Waals surface area contributed by atoms with Gasteiger partial charge in [0.25, 0.3) is 0 Å². The lowest BCUT2D eigenvalue weighted by molar-refractivity contribution is -0.692. The number of aromatic nitrogens is 2. The molecule has 0 aliphatic rings. The highest BCUT2D eigenvalue weighted by Gasteiger charge is 2.11. The lowest BCUT2D eigenvalue weighted by Gasteiger charge is -2.14. The Labute approximate surface area is 130 Å². The van der Waals surface area contributed by atoms with E-state index in [4.69, 9.17) is 0 Å². The average Bonchev–Trinajstić information content (AvgIpc) is 2.47. The van der Waals surface area contributed by atoms with Crippen molar-refractivity contribution in [2.75, 3.05) is 19.0 Å². The van der Waals surface area contributed by atoms with Crippen LogP contribution in [0.4, 0.5) is 5.69 Å². The topological polar surface area (TPSA) is 49.4 Å². The van der Waals surface area contributed by atoms with Crippen LogP contribution in [0, 0.1) is 6.92 Å². The predicted molar refractivity (Wildman–Crippen MR) is 89.0 cm³/mol. The zero-order valence-corrected chi connectivity index (χ0v) is 13.7. The van der Waals surface area contributed by atoms with Crippen LogP contribution >= 0.6 is 0 Å². The van der Waals surface area contributed by atoms with Gasteiger partial charge in [-0.15, -0.1) is 0 Å². The molecular formula is C17H22N3O2+. The zero-order valence-electron chi connectivity index (χ0n) is 13.7. The quantitative estimate of drug-likeness (QED) is 0.873. The van der Waals surface area contributed by atoms with Crippen molar-refractivity contribution < 1.29 is 9.67 Å². The first-order valence-corrected chi connectivity index (χ1v) is 7.06. The number of anilines is 1. The Bertz CT molecular complexity index is 789. The van der Waals surface area contributed by atoms with Gasteiger partial charge in [-0.2, -0.15) is 13.9 Å². The summed E-state index contributed by atoms with van der Waals surface area (Å²) in [6.07, 6.45) is 3.76. The molecule has 0 bridgehead atoms. The molecule has 1 heterocycles. The number of nitrogens with zero attached hydrogens (tertiary/aromatic N) is 3. The predicted octanol–water partition coefficient (Wildman–Crippen LogP) is 1.46. The van der Waals surface area contributed by atoms with E-state index in [1.54, 1.807) is 29.3 Å². The van der Waals surface area contributed by atoms with Crippen molar-refractivity contribution in [1.29, 1.82) is 0 Å². The highest BCUT2D eigenvalue weighted by atomic mass is 16.3. The Balaban J connectivity index is 2.38. The smallest absolute Gasteiger partial charge is 0.498 e. The van der Waals surface area contributed by atoms with Gasteiger partial charge in [0.1, 0.15) is 17.1 Å². The Morgan fingerprint density at radius 1 is 1.23 bits per heavy atom. The van der Waals surface area contributed by atoms with E-state index in [9.17, 15) is 9.90 Å². The maximum atomic E-state index is 12.0. The highest BCUT2D eigenvalue weighted by Crippen LogP contribution is 2.27. The Morgan fingerprint density at radius 2 is 1.91 bits per heavy atom. The van der Waals surface area contributed by atoms with Gasteiger partial charge in [-0.05, 0) is 30.7 Å². The number of benzene rings is 1. The molecule has 0 aliphatic carbocycles. The van der Waals surface area contributed by atoms with Crippen LogP contribution in [0.2, 0.25) is 0 Å². The maximum absolute atomic E-state index is 12.0. The van der Waals surface area contributed by atoms with Crippen LogP contribution in [0.1, 0.15) is 17.0 Å². The van der Waals surface area contributed by atoms with Crippen LogP contribution in [0.15, 0.2) is 29.1 Å². The standard InChI is InChI=1S/C17H21N3O2/c1-12-10-14(20(5)17(22)19(12)4)8-6-13-7-9-15(18(2)3)16(21)11-13/h6-11H,1-5H3/p+1. The number of phenolic OH excluding ortho intramolecular Hbond substituents is 1. The van der Waals surface area contributed by atoms with Crippen LogP contribution in [-0.4, -0.2) is 23.8 Å². The molecule has 0 atom stereocenters. The SMILES string of the molecule is Cc1cc(/C=C/c2ccc(N(C)C)c(O)c2)[n+](C)c(=O)n1C. The molecule has 22 heavy (non-hydrogen) atoms. The molecule has 1 aromatic heterocycles. The van der Waals surface area contributed by atoms with Crippen molar-refractivity contribution in [1.82, 2.24) is 4.57 Å². The summed E-state index contributed by atoms with van der Waals surface area (Å²) in [5, 5.41) is 10.0. The van der Waals surface area contributed by atoms with E-state index in [-0.39, 0.29) is 11.4 Å².